The van der Waals surface area contributed by atoms with Gasteiger partial charge in [-0.3, -0.25) is 14.4 Å². The summed E-state index contributed by atoms with van der Waals surface area (Å²) in [5, 5.41) is 2.63. The molecule has 0 aromatic heterocycles. The lowest BCUT2D eigenvalue weighted by Crippen LogP contribution is -2.66. The van der Waals surface area contributed by atoms with Crippen molar-refractivity contribution in [3.8, 4) is 0 Å². The molecule has 1 fully saturated rings. The highest BCUT2D eigenvalue weighted by molar-refractivity contribution is 6.74. The number of hydrogen-bond donors (Lipinski definition) is 1. The smallest absolute Gasteiger partial charge is 0.303 e. The van der Waals surface area contributed by atoms with Crippen LogP contribution in [0.2, 0.25) is 18.1 Å². The number of esters is 2. The van der Waals surface area contributed by atoms with Crippen LogP contribution in [0.15, 0.2) is 0 Å². The van der Waals surface area contributed by atoms with Gasteiger partial charge >= 0.3 is 11.9 Å². The average molecular weight is 434 g/mol. The highest BCUT2D eigenvalue weighted by Gasteiger charge is 2.51. The second-order valence-electron chi connectivity index (χ2n) is 8.72. The standard InChI is InChI=1S/C19H35NO8Si/c1-11(21)20-15-17(27-13(3)23)16(26-12(2)22)14(28-18(15)24-7)10-25-29(8,9)19(4,5)6/h14-18H,10H2,1-9H3,(H,20,21)/t14-,15-,16-,17-,18-/m1/s1. The molecular formula is C19H35NO8Si. The number of ether oxygens (including phenoxy) is 4. The van der Waals surface area contributed by atoms with E-state index in [-0.39, 0.29) is 17.6 Å². The minimum absolute atomic E-state index is 0.0345. The van der Waals surface area contributed by atoms with Gasteiger partial charge in [-0.1, -0.05) is 20.8 Å². The maximum absolute atomic E-state index is 11.8. The fraction of sp³-hybridized carbons (Fsp3) is 0.842. The molecule has 0 saturated carbocycles. The number of amides is 1. The lowest BCUT2D eigenvalue weighted by atomic mass is 9.96. The fourth-order valence-electron chi connectivity index (χ4n) is 2.80. The van der Waals surface area contributed by atoms with Crippen molar-refractivity contribution in [2.24, 2.45) is 0 Å². The Morgan fingerprint density at radius 3 is 1.93 bits per heavy atom. The quantitative estimate of drug-likeness (QED) is 0.478. The summed E-state index contributed by atoms with van der Waals surface area (Å²) in [6.45, 7) is 14.5. The van der Waals surface area contributed by atoms with Gasteiger partial charge in [0.05, 0.1) is 6.61 Å². The average Bonchev–Trinajstić information content (AvgIpc) is 2.54. The molecule has 1 amide bonds. The van der Waals surface area contributed by atoms with E-state index in [1.807, 2.05) is 0 Å². The number of nitrogens with one attached hydrogen (secondary N) is 1. The molecule has 0 aromatic carbocycles. The lowest BCUT2D eigenvalue weighted by Gasteiger charge is -2.46. The van der Waals surface area contributed by atoms with E-state index in [4.69, 9.17) is 23.4 Å². The van der Waals surface area contributed by atoms with Gasteiger partial charge in [0, 0.05) is 27.9 Å². The number of hydrogen-bond acceptors (Lipinski definition) is 8. The molecule has 10 heteroatoms. The predicted molar refractivity (Wildman–Crippen MR) is 108 cm³/mol. The number of methoxy groups -OCH3 is 1. The Balaban J connectivity index is 3.23. The highest BCUT2D eigenvalue weighted by Crippen LogP contribution is 2.37. The Bertz CT molecular complexity index is 604. The van der Waals surface area contributed by atoms with Gasteiger partial charge in [0.1, 0.15) is 12.1 Å². The maximum atomic E-state index is 11.8. The molecule has 1 heterocycles. The Morgan fingerprint density at radius 2 is 1.52 bits per heavy atom. The molecule has 1 aliphatic heterocycles. The monoisotopic (exact) mass is 433 g/mol. The summed E-state index contributed by atoms with van der Waals surface area (Å²) in [5.41, 5.74) is 0. The molecule has 29 heavy (non-hydrogen) atoms. The van der Waals surface area contributed by atoms with Crippen molar-refractivity contribution in [1.82, 2.24) is 5.32 Å². The summed E-state index contributed by atoms with van der Waals surface area (Å²) in [7, 11) is -0.708. The van der Waals surface area contributed by atoms with E-state index < -0.39 is 50.9 Å². The maximum Gasteiger partial charge on any atom is 0.303 e. The van der Waals surface area contributed by atoms with Crippen molar-refractivity contribution in [2.75, 3.05) is 13.7 Å². The van der Waals surface area contributed by atoms with Gasteiger partial charge in [0.25, 0.3) is 0 Å². The van der Waals surface area contributed by atoms with E-state index in [2.05, 4.69) is 39.2 Å². The van der Waals surface area contributed by atoms with Crippen LogP contribution in [0.3, 0.4) is 0 Å². The minimum atomic E-state index is -2.13. The summed E-state index contributed by atoms with van der Waals surface area (Å²) < 4.78 is 28.5. The highest BCUT2D eigenvalue weighted by atomic mass is 28.4. The van der Waals surface area contributed by atoms with Gasteiger partial charge in [0.2, 0.25) is 5.91 Å². The number of carbonyl (C=O) groups excluding carboxylic acids is 3. The molecule has 1 aliphatic rings. The van der Waals surface area contributed by atoms with Crippen molar-refractivity contribution in [1.29, 1.82) is 0 Å². The first-order chi connectivity index (χ1) is 13.2. The van der Waals surface area contributed by atoms with E-state index in [1.165, 1.54) is 27.9 Å². The van der Waals surface area contributed by atoms with Crippen molar-refractivity contribution < 1.29 is 37.8 Å². The minimum Gasteiger partial charge on any atom is -0.456 e. The first-order valence-corrected chi connectivity index (χ1v) is 12.5. The lowest BCUT2D eigenvalue weighted by molar-refractivity contribution is -0.269. The van der Waals surface area contributed by atoms with E-state index in [9.17, 15) is 14.4 Å². The van der Waals surface area contributed by atoms with E-state index in [0.717, 1.165) is 0 Å². The summed E-state index contributed by atoms with van der Waals surface area (Å²) >= 11 is 0. The van der Waals surface area contributed by atoms with Crippen LogP contribution in [0.1, 0.15) is 41.5 Å². The molecule has 0 bridgehead atoms. The predicted octanol–water partition coefficient (Wildman–Crippen LogP) is 1.75. The first-order valence-electron chi connectivity index (χ1n) is 9.63. The van der Waals surface area contributed by atoms with Crippen molar-refractivity contribution in [3.05, 3.63) is 0 Å². The molecule has 0 radical (unpaired) electrons. The molecule has 1 N–H and O–H groups in total. The molecule has 1 rings (SSSR count). The van der Waals surface area contributed by atoms with Crippen molar-refractivity contribution >= 4 is 26.2 Å². The second-order valence-corrected chi connectivity index (χ2v) is 13.5. The van der Waals surface area contributed by atoms with E-state index in [1.54, 1.807) is 0 Å². The van der Waals surface area contributed by atoms with E-state index >= 15 is 0 Å². The largest absolute Gasteiger partial charge is 0.456 e. The third-order valence-electron chi connectivity index (χ3n) is 5.27. The second kappa shape index (κ2) is 10.0. The van der Waals surface area contributed by atoms with Crippen LogP contribution in [0.5, 0.6) is 0 Å². The van der Waals surface area contributed by atoms with Crippen LogP contribution in [0, 0.1) is 0 Å². The molecule has 5 atom stereocenters. The van der Waals surface area contributed by atoms with Crippen LogP contribution in [0.4, 0.5) is 0 Å². The number of rotatable bonds is 7. The van der Waals surface area contributed by atoms with Crippen molar-refractivity contribution in [2.45, 2.75) is 90.3 Å². The molecule has 1 saturated heterocycles. The van der Waals surface area contributed by atoms with Gasteiger partial charge in [0.15, 0.2) is 26.8 Å². The third kappa shape index (κ3) is 7.05. The van der Waals surface area contributed by atoms with Gasteiger partial charge < -0.3 is 28.7 Å². The Kier molecular flexibility index (Phi) is 8.82. The van der Waals surface area contributed by atoms with Crippen LogP contribution in [0.25, 0.3) is 0 Å². The zero-order valence-electron chi connectivity index (χ0n) is 18.9. The van der Waals surface area contributed by atoms with Crippen LogP contribution in [-0.2, 0) is 37.8 Å². The normalized spacial score (nSPS) is 27.8. The van der Waals surface area contributed by atoms with Crippen LogP contribution in [-0.4, -0.2) is 70.5 Å². The summed E-state index contributed by atoms with van der Waals surface area (Å²) in [6.07, 6.45) is -3.62. The zero-order chi connectivity index (χ0) is 22.6. The van der Waals surface area contributed by atoms with Gasteiger partial charge in [-0.25, -0.2) is 0 Å². The molecule has 0 spiro atoms. The van der Waals surface area contributed by atoms with Crippen molar-refractivity contribution in [3.63, 3.8) is 0 Å². The third-order valence-corrected chi connectivity index (χ3v) is 9.77. The first kappa shape index (κ1) is 25.5. The summed E-state index contributed by atoms with van der Waals surface area (Å²) in [6, 6.07) is -0.852. The molecule has 0 aromatic rings. The molecule has 9 nitrogen and oxygen atoms in total. The summed E-state index contributed by atoms with van der Waals surface area (Å²) in [4.78, 5) is 35.2. The summed E-state index contributed by atoms with van der Waals surface area (Å²) in [5.74, 6) is -1.51. The Hall–Kier alpha value is -1.49. The van der Waals surface area contributed by atoms with Crippen LogP contribution < -0.4 is 5.32 Å². The Labute approximate surface area is 173 Å². The van der Waals surface area contributed by atoms with E-state index in [0.29, 0.717) is 0 Å². The van der Waals surface area contributed by atoms with Gasteiger partial charge in [-0.05, 0) is 18.1 Å². The number of carbonyl (C=O) groups is 3. The zero-order valence-corrected chi connectivity index (χ0v) is 19.9. The topological polar surface area (TPSA) is 109 Å². The van der Waals surface area contributed by atoms with Gasteiger partial charge in [-0.2, -0.15) is 0 Å². The molecule has 168 valence electrons. The fourth-order valence-corrected chi connectivity index (χ4v) is 3.81. The molecule has 0 unspecified atom stereocenters. The molecule has 0 aliphatic carbocycles. The Morgan fingerprint density at radius 1 is 1.00 bits per heavy atom. The SMILES string of the molecule is CO[C@@H]1O[C@H](CO[Si](C)(C)C(C)(C)C)[C@@H](OC(C)=O)[C@H](OC(C)=O)[C@H]1NC(C)=O. The van der Waals surface area contributed by atoms with Crippen LogP contribution >= 0.6 is 0 Å². The van der Waals surface area contributed by atoms with Gasteiger partial charge in [-0.15, -0.1) is 0 Å². The molecular weight excluding hydrogens is 398 g/mol.